The van der Waals surface area contributed by atoms with Gasteiger partial charge in [0.2, 0.25) is 0 Å². The van der Waals surface area contributed by atoms with E-state index in [4.69, 9.17) is 0 Å². The van der Waals surface area contributed by atoms with Gasteiger partial charge in [-0.25, -0.2) is 9.18 Å². The fourth-order valence-electron chi connectivity index (χ4n) is 1.12. The minimum Gasteiger partial charge on any atom is -0.466 e. The van der Waals surface area contributed by atoms with Crippen LogP contribution in [0.3, 0.4) is 0 Å². The lowest BCUT2D eigenvalue weighted by atomic mass is 10.0. The molecule has 0 aromatic carbocycles. The van der Waals surface area contributed by atoms with Crippen molar-refractivity contribution in [3.63, 3.8) is 0 Å². The highest BCUT2D eigenvalue weighted by Crippen LogP contribution is 2.14. The Labute approximate surface area is 70.6 Å². The van der Waals surface area contributed by atoms with Crippen LogP contribution in [0.25, 0.3) is 0 Å². The van der Waals surface area contributed by atoms with E-state index in [1.165, 1.54) is 13.2 Å². The highest BCUT2D eigenvalue weighted by Gasteiger charge is 2.18. The fraction of sp³-hybridized carbons (Fsp3) is 0.625. The van der Waals surface area contributed by atoms with Crippen LogP contribution in [-0.4, -0.2) is 32.3 Å². The van der Waals surface area contributed by atoms with Crippen LogP contribution in [0.2, 0.25) is 0 Å². The molecule has 0 aliphatic carbocycles. The Bertz CT molecular complexity index is 203. The number of ether oxygens (including phenoxy) is 1. The Balaban J connectivity index is 2.58. The maximum atomic E-state index is 13.0. The van der Waals surface area contributed by atoms with Gasteiger partial charge in [0.25, 0.3) is 0 Å². The highest BCUT2D eigenvalue weighted by molar-refractivity contribution is 5.82. The zero-order valence-corrected chi connectivity index (χ0v) is 6.97. The van der Waals surface area contributed by atoms with Crippen molar-refractivity contribution in [1.29, 1.82) is 0 Å². The number of carbonyl (C=O) groups excluding carboxylic acids is 1. The number of carbonyl (C=O) groups is 1. The summed E-state index contributed by atoms with van der Waals surface area (Å²) in [4.78, 5) is 10.7. The molecule has 0 radical (unpaired) electrons. The van der Waals surface area contributed by atoms with Crippen LogP contribution in [0, 0.1) is 0 Å². The van der Waals surface area contributed by atoms with E-state index in [1.54, 1.807) is 0 Å². The number of hydrogen-bond acceptors (Lipinski definition) is 3. The first-order chi connectivity index (χ1) is 5.74. The summed E-state index contributed by atoms with van der Waals surface area (Å²) in [5.74, 6) is -0.477. The van der Waals surface area contributed by atoms with Crippen LogP contribution < -0.4 is 5.32 Å². The minimum absolute atomic E-state index is 0.294. The maximum Gasteiger partial charge on any atom is 0.330 e. The monoisotopic (exact) mass is 173 g/mol. The van der Waals surface area contributed by atoms with Crippen LogP contribution in [0.5, 0.6) is 0 Å². The first kappa shape index (κ1) is 9.19. The average molecular weight is 173 g/mol. The van der Waals surface area contributed by atoms with E-state index in [9.17, 15) is 9.18 Å². The van der Waals surface area contributed by atoms with E-state index < -0.39 is 12.1 Å². The van der Waals surface area contributed by atoms with Crippen molar-refractivity contribution in [2.75, 3.05) is 20.2 Å². The Morgan fingerprint density at radius 3 is 3.17 bits per heavy atom. The third kappa shape index (κ3) is 2.30. The topological polar surface area (TPSA) is 38.3 Å². The van der Waals surface area contributed by atoms with E-state index in [1.807, 2.05) is 0 Å². The number of halogens is 1. The third-order valence-electron chi connectivity index (χ3n) is 1.82. The molecule has 68 valence electrons. The fourth-order valence-corrected chi connectivity index (χ4v) is 1.12. The Kier molecular flexibility index (Phi) is 3.22. The lowest BCUT2D eigenvalue weighted by Gasteiger charge is -2.19. The molecule has 0 aromatic rings. The Morgan fingerprint density at radius 1 is 1.83 bits per heavy atom. The van der Waals surface area contributed by atoms with Gasteiger partial charge in [0, 0.05) is 12.6 Å². The van der Waals surface area contributed by atoms with Crippen molar-refractivity contribution >= 4 is 5.97 Å². The molecule has 0 bridgehead atoms. The number of rotatable bonds is 1. The number of esters is 1. The first-order valence-electron chi connectivity index (χ1n) is 3.87. The summed E-state index contributed by atoms with van der Waals surface area (Å²) >= 11 is 0. The second kappa shape index (κ2) is 4.21. The van der Waals surface area contributed by atoms with E-state index in [2.05, 4.69) is 10.1 Å². The van der Waals surface area contributed by atoms with Gasteiger partial charge in [0.1, 0.15) is 6.17 Å². The number of methoxy groups -OCH3 is 1. The van der Waals surface area contributed by atoms with Gasteiger partial charge in [-0.05, 0) is 18.5 Å². The molecule has 0 saturated carbocycles. The average Bonchev–Trinajstić information content (AvgIpc) is 2.09. The lowest BCUT2D eigenvalue weighted by molar-refractivity contribution is -0.134. The number of piperidine rings is 1. The van der Waals surface area contributed by atoms with Crippen LogP contribution in [0.1, 0.15) is 6.42 Å². The third-order valence-corrected chi connectivity index (χ3v) is 1.82. The standard InChI is InChI=1S/C8H12FNO2/c1-12-8(11)4-6-2-3-10-5-7(6)9/h4,7,10H,2-3,5H2,1H3. The summed E-state index contributed by atoms with van der Waals surface area (Å²) in [5.41, 5.74) is 0.528. The van der Waals surface area contributed by atoms with E-state index in [-0.39, 0.29) is 0 Å². The van der Waals surface area contributed by atoms with Crippen molar-refractivity contribution in [3.8, 4) is 0 Å². The zero-order chi connectivity index (χ0) is 8.97. The molecular formula is C8H12FNO2. The van der Waals surface area contributed by atoms with Crippen molar-refractivity contribution in [1.82, 2.24) is 5.32 Å². The molecule has 1 atom stereocenters. The van der Waals surface area contributed by atoms with E-state index in [0.29, 0.717) is 18.5 Å². The van der Waals surface area contributed by atoms with Gasteiger partial charge in [-0.2, -0.15) is 0 Å². The molecule has 1 aliphatic heterocycles. The quantitative estimate of drug-likeness (QED) is 0.461. The SMILES string of the molecule is COC(=O)C=C1CCNCC1F. The second-order valence-corrected chi connectivity index (χ2v) is 2.66. The van der Waals surface area contributed by atoms with Crippen molar-refractivity contribution in [2.24, 2.45) is 0 Å². The molecule has 1 rings (SSSR count). The molecule has 3 nitrogen and oxygen atoms in total. The van der Waals surface area contributed by atoms with Crippen LogP contribution in [0.4, 0.5) is 4.39 Å². The van der Waals surface area contributed by atoms with Crippen molar-refractivity contribution in [3.05, 3.63) is 11.6 Å². The van der Waals surface area contributed by atoms with Gasteiger partial charge in [-0.1, -0.05) is 0 Å². The smallest absolute Gasteiger partial charge is 0.330 e. The summed E-state index contributed by atoms with van der Waals surface area (Å²) in [6.07, 6.45) is 0.778. The van der Waals surface area contributed by atoms with Crippen molar-refractivity contribution in [2.45, 2.75) is 12.6 Å². The number of hydrogen-bond donors (Lipinski definition) is 1. The predicted molar refractivity (Wildman–Crippen MR) is 42.5 cm³/mol. The van der Waals surface area contributed by atoms with Crippen LogP contribution in [-0.2, 0) is 9.53 Å². The summed E-state index contributed by atoms with van der Waals surface area (Å²) in [6.45, 7) is 1.02. The van der Waals surface area contributed by atoms with E-state index in [0.717, 1.165) is 6.54 Å². The Morgan fingerprint density at radius 2 is 2.58 bits per heavy atom. The molecule has 1 N–H and O–H groups in total. The molecule has 4 heteroatoms. The number of nitrogens with one attached hydrogen (secondary N) is 1. The molecule has 0 aromatic heterocycles. The zero-order valence-electron chi connectivity index (χ0n) is 6.97. The van der Waals surface area contributed by atoms with Gasteiger partial charge in [-0.15, -0.1) is 0 Å². The summed E-state index contributed by atoms with van der Waals surface area (Å²) in [6, 6.07) is 0. The lowest BCUT2D eigenvalue weighted by Crippen LogP contribution is -2.33. The molecule has 0 amide bonds. The highest BCUT2D eigenvalue weighted by atomic mass is 19.1. The van der Waals surface area contributed by atoms with E-state index >= 15 is 0 Å². The summed E-state index contributed by atoms with van der Waals surface area (Å²) < 4.78 is 17.4. The molecule has 1 fully saturated rings. The van der Waals surface area contributed by atoms with Crippen molar-refractivity contribution < 1.29 is 13.9 Å². The molecular weight excluding hydrogens is 161 g/mol. The maximum absolute atomic E-state index is 13.0. The van der Waals surface area contributed by atoms with Gasteiger partial charge >= 0.3 is 5.97 Å². The largest absolute Gasteiger partial charge is 0.466 e. The molecule has 0 spiro atoms. The van der Waals surface area contributed by atoms with Gasteiger partial charge < -0.3 is 10.1 Å². The van der Waals surface area contributed by atoms with Crippen LogP contribution in [0.15, 0.2) is 11.6 Å². The number of alkyl halides is 1. The van der Waals surface area contributed by atoms with Gasteiger partial charge in [0.15, 0.2) is 0 Å². The summed E-state index contributed by atoms with van der Waals surface area (Å²) in [5, 5.41) is 2.89. The van der Waals surface area contributed by atoms with Crippen LogP contribution >= 0.6 is 0 Å². The first-order valence-corrected chi connectivity index (χ1v) is 3.87. The molecule has 1 saturated heterocycles. The molecule has 1 heterocycles. The molecule has 1 unspecified atom stereocenters. The summed E-state index contributed by atoms with van der Waals surface area (Å²) in [7, 11) is 1.29. The Hall–Kier alpha value is -0.900. The second-order valence-electron chi connectivity index (χ2n) is 2.66. The predicted octanol–water partition coefficient (Wildman–Crippen LogP) is 0.417. The van der Waals surface area contributed by atoms with Gasteiger partial charge in [0.05, 0.1) is 7.11 Å². The normalized spacial score (nSPS) is 27.2. The van der Waals surface area contributed by atoms with Gasteiger partial charge in [-0.3, -0.25) is 0 Å². The minimum atomic E-state index is -1.04. The molecule has 12 heavy (non-hydrogen) atoms. The molecule has 1 aliphatic rings.